The van der Waals surface area contributed by atoms with Crippen molar-refractivity contribution in [2.45, 2.75) is 18.9 Å². The second-order valence-corrected chi connectivity index (χ2v) is 9.20. The summed E-state index contributed by atoms with van der Waals surface area (Å²) in [5.41, 5.74) is 1.15. The van der Waals surface area contributed by atoms with Crippen molar-refractivity contribution in [1.82, 2.24) is 28.9 Å². The van der Waals surface area contributed by atoms with Crippen molar-refractivity contribution in [3.63, 3.8) is 0 Å². The van der Waals surface area contributed by atoms with Crippen molar-refractivity contribution < 1.29 is 9.90 Å². The van der Waals surface area contributed by atoms with E-state index in [2.05, 4.69) is 16.5 Å². The summed E-state index contributed by atoms with van der Waals surface area (Å²) in [4.78, 5) is 38.9. The third-order valence-corrected chi connectivity index (χ3v) is 6.50. The van der Waals surface area contributed by atoms with Gasteiger partial charge in [0.15, 0.2) is 11.2 Å². The summed E-state index contributed by atoms with van der Waals surface area (Å²) in [7, 11) is 4.03. The van der Waals surface area contributed by atoms with Crippen LogP contribution >= 0.6 is 0 Å². The molecule has 4 aromatic rings. The van der Waals surface area contributed by atoms with Gasteiger partial charge in [-0.15, -0.1) is 0 Å². The minimum Gasteiger partial charge on any atom is -0.508 e. The molecular weight excluding hydrogens is 444 g/mol. The Hall–Kier alpha value is -3.98. The fourth-order valence-electron chi connectivity index (χ4n) is 4.72. The van der Waals surface area contributed by atoms with E-state index in [0.29, 0.717) is 36.5 Å². The molecule has 0 aliphatic carbocycles. The predicted molar refractivity (Wildman–Crippen MR) is 135 cm³/mol. The number of aromatic nitrogens is 4. The molecule has 0 radical (unpaired) electrons. The van der Waals surface area contributed by atoms with Gasteiger partial charge in [0, 0.05) is 31.1 Å². The molecule has 1 aliphatic rings. The van der Waals surface area contributed by atoms with Gasteiger partial charge in [0.2, 0.25) is 5.91 Å². The molecule has 5 rings (SSSR count). The Kier molecular flexibility index (Phi) is 5.86. The Morgan fingerprint density at radius 1 is 1.26 bits per heavy atom. The fraction of sp³-hybridized carbons (Fsp3) is 0.308. The number of likely N-dealkylation sites (tertiary alicyclic amines) is 1. The molecule has 180 valence electrons. The Balaban J connectivity index is 1.64. The number of hydrogen-bond acceptors (Lipinski definition) is 6. The highest BCUT2D eigenvalue weighted by molar-refractivity contribution is 5.92. The van der Waals surface area contributed by atoms with E-state index in [1.165, 1.54) is 17.0 Å². The summed E-state index contributed by atoms with van der Waals surface area (Å²) in [6, 6.07) is 10.9. The van der Waals surface area contributed by atoms with Gasteiger partial charge >= 0.3 is 0 Å². The highest BCUT2D eigenvalue weighted by Crippen LogP contribution is 2.30. The highest BCUT2D eigenvalue weighted by atomic mass is 16.3. The maximum Gasteiger partial charge on any atom is 0.284 e. The van der Waals surface area contributed by atoms with Crippen molar-refractivity contribution in [3.05, 3.63) is 71.6 Å². The van der Waals surface area contributed by atoms with Gasteiger partial charge < -0.3 is 19.5 Å². The van der Waals surface area contributed by atoms with Gasteiger partial charge in [-0.05, 0) is 44.6 Å². The Morgan fingerprint density at radius 3 is 2.77 bits per heavy atom. The van der Waals surface area contributed by atoms with Crippen LogP contribution in [0.25, 0.3) is 27.6 Å². The third kappa shape index (κ3) is 4.08. The summed E-state index contributed by atoms with van der Waals surface area (Å²) in [5.74, 6) is 0.775. The quantitative estimate of drug-likeness (QED) is 0.415. The van der Waals surface area contributed by atoms with Crippen LogP contribution in [0.15, 0.2) is 60.2 Å². The molecule has 1 N–H and O–H groups in total. The molecule has 9 nitrogen and oxygen atoms in total. The lowest BCUT2D eigenvalue weighted by Gasteiger charge is -2.38. The molecular formula is C26H28N6O3. The summed E-state index contributed by atoms with van der Waals surface area (Å²) >= 11 is 0. The van der Waals surface area contributed by atoms with Gasteiger partial charge in [-0.3, -0.25) is 14.2 Å². The number of carbonyl (C=O) groups is 1. The zero-order chi connectivity index (χ0) is 24.7. The number of phenols is 1. The van der Waals surface area contributed by atoms with E-state index in [-0.39, 0.29) is 23.1 Å². The second kappa shape index (κ2) is 8.99. The van der Waals surface area contributed by atoms with Crippen LogP contribution in [-0.4, -0.2) is 73.6 Å². The van der Waals surface area contributed by atoms with Crippen LogP contribution in [0.3, 0.4) is 0 Å². The van der Waals surface area contributed by atoms with E-state index < -0.39 is 0 Å². The topological polar surface area (TPSA) is 96.5 Å². The van der Waals surface area contributed by atoms with Crippen LogP contribution in [-0.2, 0) is 11.3 Å². The molecule has 1 aliphatic heterocycles. The zero-order valence-corrected chi connectivity index (χ0v) is 19.9. The molecule has 0 bridgehead atoms. The van der Waals surface area contributed by atoms with Crippen LogP contribution in [0, 0.1) is 0 Å². The van der Waals surface area contributed by atoms with Crippen LogP contribution in [0.4, 0.5) is 0 Å². The van der Waals surface area contributed by atoms with E-state index >= 15 is 0 Å². The van der Waals surface area contributed by atoms with Gasteiger partial charge in [-0.25, -0.2) is 9.97 Å². The number of fused-ring (bicyclic) bond motifs is 2. The molecule has 2 aromatic heterocycles. The van der Waals surface area contributed by atoms with Gasteiger partial charge in [0.1, 0.15) is 17.9 Å². The molecule has 35 heavy (non-hydrogen) atoms. The normalized spacial score (nSPS) is 14.1. The van der Waals surface area contributed by atoms with Gasteiger partial charge in [0.25, 0.3) is 5.56 Å². The highest BCUT2D eigenvalue weighted by Gasteiger charge is 2.35. The van der Waals surface area contributed by atoms with Crippen molar-refractivity contribution in [2.24, 2.45) is 0 Å². The number of imidazole rings is 1. The number of aryl methyl sites for hydroxylation is 1. The summed E-state index contributed by atoms with van der Waals surface area (Å²) < 4.78 is 3.45. The first kappa shape index (κ1) is 22.8. The number of nitrogens with zero attached hydrogens (tertiary/aromatic N) is 6. The molecule has 1 saturated heterocycles. The van der Waals surface area contributed by atoms with Crippen LogP contribution in [0.1, 0.15) is 18.2 Å². The standard InChI is InChI=1S/C26H28N6O3/c1-4-22(34)30-14-18(15-30)25-28-24-23(31(25)11-7-10-29(2)3)26(35)32(16-27-24)21-13-19(33)12-17-8-5-6-9-20(17)21/h4-6,8-9,12-13,16,18,33H,1,7,10-11,14-15H2,2-3H3. The van der Waals surface area contributed by atoms with Gasteiger partial charge in [-0.1, -0.05) is 30.8 Å². The molecule has 1 amide bonds. The van der Waals surface area contributed by atoms with Crippen molar-refractivity contribution in [1.29, 1.82) is 0 Å². The number of carbonyl (C=O) groups excluding carboxylic acids is 1. The Bertz CT molecular complexity index is 1500. The number of phenolic OH excluding ortho intramolecular Hbond substituents is 1. The van der Waals surface area contributed by atoms with Crippen molar-refractivity contribution >= 4 is 27.8 Å². The minimum absolute atomic E-state index is 0.0295. The lowest BCUT2D eigenvalue weighted by atomic mass is 9.99. The summed E-state index contributed by atoms with van der Waals surface area (Å²) in [6.07, 6.45) is 3.62. The van der Waals surface area contributed by atoms with Gasteiger partial charge in [-0.2, -0.15) is 0 Å². The van der Waals surface area contributed by atoms with E-state index in [1.807, 2.05) is 42.9 Å². The average molecular weight is 473 g/mol. The van der Waals surface area contributed by atoms with Crippen molar-refractivity contribution in [3.8, 4) is 11.4 Å². The minimum atomic E-state index is -0.243. The maximum atomic E-state index is 13.9. The molecule has 0 atom stereocenters. The lowest BCUT2D eigenvalue weighted by molar-refractivity contribution is -0.130. The van der Waals surface area contributed by atoms with Crippen LogP contribution < -0.4 is 5.56 Å². The lowest BCUT2D eigenvalue weighted by Crippen LogP contribution is -2.48. The molecule has 1 fully saturated rings. The molecule has 2 aromatic carbocycles. The number of aromatic hydroxyl groups is 1. The SMILES string of the molecule is C=CC(=O)N1CC(c2nc3ncn(-c4cc(O)cc5ccccc45)c(=O)c3n2CCCN(C)C)C1. The van der Waals surface area contributed by atoms with E-state index in [1.54, 1.807) is 17.0 Å². The molecule has 0 unspecified atom stereocenters. The number of rotatable bonds is 7. The molecule has 0 saturated carbocycles. The fourth-order valence-corrected chi connectivity index (χ4v) is 4.72. The third-order valence-electron chi connectivity index (χ3n) is 6.50. The summed E-state index contributed by atoms with van der Waals surface area (Å²) in [5, 5.41) is 12.0. The van der Waals surface area contributed by atoms with E-state index in [0.717, 1.165) is 29.6 Å². The largest absolute Gasteiger partial charge is 0.508 e. The smallest absolute Gasteiger partial charge is 0.284 e. The zero-order valence-electron chi connectivity index (χ0n) is 19.9. The Morgan fingerprint density at radius 2 is 2.03 bits per heavy atom. The number of hydrogen-bond donors (Lipinski definition) is 1. The second-order valence-electron chi connectivity index (χ2n) is 9.20. The van der Waals surface area contributed by atoms with E-state index in [9.17, 15) is 14.7 Å². The van der Waals surface area contributed by atoms with Crippen molar-refractivity contribution in [2.75, 3.05) is 33.7 Å². The monoisotopic (exact) mass is 472 g/mol. The molecule has 9 heteroatoms. The first-order valence-electron chi connectivity index (χ1n) is 11.6. The van der Waals surface area contributed by atoms with E-state index in [4.69, 9.17) is 4.98 Å². The number of benzene rings is 2. The first-order valence-corrected chi connectivity index (χ1v) is 11.6. The average Bonchev–Trinajstić information content (AvgIpc) is 3.16. The van der Waals surface area contributed by atoms with Crippen LogP contribution in [0.2, 0.25) is 0 Å². The summed E-state index contributed by atoms with van der Waals surface area (Å²) in [6.45, 7) is 6.10. The molecule has 3 heterocycles. The number of amides is 1. The molecule has 0 spiro atoms. The van der Waals surface area contributed by atoms with Gasteiger partial charge in [0.05, 0.1) is 11.6 Å². The Labute approximate surface area is 202 Å². The maximum absolute atomic E-state index is 13.9. The van der Waals surface area contributed by atoms with Crippen LogP contribution in [0.5, 0.6) is 5.75 Å². The predicted octanol–water partition coefficient (Wildman–Crippen LogP) is 2.50. The first-order chi connectivity index (χ1) is 16.9.